The third-order valence-electron chi connectivity index (χ3n) is 0.105. The summed E-state index contributed by atoms with van der Waals surface area (Å²) >= 11 is 4.12. The molecule has 2 heteroatoms. The van der Waals surface area contributed by atoms with Gasteiger partial charge in [-0.05, 0) is 4.04 Å². The van der Waals surface area contributed by atoms with Gasteiger partial charge in [0.25, 0.3) is 6.21 Å². The SMILES string of the molecule is CC=[N+]=S. The Labute approximate surface area is 30.5 Å². The van der Waals surface area contributed by atoms with Gasteiger partial charge in [0.1, 0.15) is 0 Å². The minimum absolute atomic E-state index is 1.56. The van der Waals surface area contributed by atoms with E-state index in [2.05, 4.69) is 16.5 Å². The van der Waals surface area contributed by atoms with Crippen molar-refractivity contribution in [1.82, 2.24) is 4.04 Å². The molecular weight excluding hydrogens is 70.1 g/mol. The topological polar surface area (TPSA) is 14.1 Å². The average molecular weight is 74.1 g/mol. The number of hydrogen-bond donors (Lipinski definition) is 0. The van der Waals surface area contributed by atoms with Gasteiger partial charge in [0, 0.05) is 6.92 Å². The highest BCUT2D eigenvalue weighted by Crippen LogP contribution is 1.14. The number of hydrogen-bond acceptors (Lipinski definition) is 1. The molecule has 0 aromatic heterocycles. The Hall–Kier alpha value is -0.200. The summed E-state index contributed by atoms with van der Waals surface area (Å²) in [5.74, 6) is 0. The molecule has 0 rings (SSSR count). The van der Waals surface area contributed by atoms with Crippen LogP contribution in [0.1, 0.15) is 6.92 Å². The lowest BCUT2D eigenvalue weighted by atomic mass is 10.9. The lowest BCUT2D eigenvalue weighted by molar-refractivity contribution is 1.78. The van der Waals surface area contributed by atoms with Crippen LogP contribution < -0.4 is 4.04 Å². The Morgan fingerprint density at radius 3 is 2.25 bits per heavy atom. The maximum atomic E-state index is 4.12. The second kappa shape index (κ2) is 2.80. The van der Waals surface area contributed by atoms with Crippen LogP contribution in [0.4, 0.5) is 0 Å². The van der Waals surface area contributed by atoms with Crippen molar-refractivity contribution in [2.75, 3.05) is 0 Å². The third kappa shape index (κ3) is 1.80. The van der Waals surface area contributed by atoms with Crippen molar-refractivity contribution in [2.45, 2.75) is 6.92 Å². The van der Waals surface area contributed by atoms with Gasteiger partial charge in [-0.25, -0.2) is 0 Å². The summed E-state index contributed by atoms with van der Waals surface area (Å²) in [6.07, 6.45) is 1.56. The largest absolute Gasteiger partial charge is 0.421 e. The summed E-state index contributed by atoms with van der Waals surface area (Å²) < 4.78 is 3.19. The minimum Gasteiger partial charge on any atom is -0.00249 e. The van der Waals surface area contributed by atoms with E-state index in [1.54, 1.807) is 13.1 Å². The van der Waals surface area contributed by atoms with Crippen LogP contribution >= 0.6 is 0 Å². The van der Waals surface area contributed by atoms with Crippen LogP contribution in [0.2, 0.25) is 0 Å². The smallest absolute Gasteiger partial charge is 0.00249 e. The van der Waals surface area contributed by atoms with Crippen LogP contribution in [0.5, 0.6) is 0 Å². The van der Waals surface area contributed by atoms with Crippen LogP contribution in [-0.4, -0.2) is 6.21 Å². The lowest BCUT2D eigenvalue weighted by Crippen LogP contribution is -1.54. The van der Waals surface area contributed by atoms with Gasteiger partial charge in [-0.15, -0.1) is 0 Å². The summed E-state index contributed by atoms with van der Waals surface area (Å²) in [7, 11) is 0. The van der Waals surface area contributed by atoms with Crippen molar-refractivity contribution in [2.24, 2.45) is 0 Å². The first-order valence-corrected chi connectivity index (χ1v) is 1.38. The molecule has 0 spiro atoms. The normalized spacial score (nSPS) is 4.25. The van der Waals surface area contributed by atoms with Crippen LogP contribution in [0.25, 0.3) is 0 Å². The molecule has 22 valence electrons. The van der Waals surface area contributed by atoms with E-state index in [0.717, 1.165) is 0 Å². The van der Waals surface area contributed by atoms with Crippen molar-refractivity contribution in [1.29, 1.82) is 0 Å². The van der Waals surface area contributed by atoms with Gasteiger partial charge >= 0.3 is 12.4 Å². The Bertz CT molecular complexity index is 44.0. The van der Waals surface area contributed by atoms with Gasteiger partial charge in [0.2, 0.25) is 0 Å². The maximum Gasteiger partial charge on any atom is 0.421 e. The van der Waals surface area contributed by atoms with Crippen molar-refractivity contribution in [3.63, 3.8) is 0 Å². The van der Waals surface area contributed by atoms with E-state index in [4.69, 9.17) is 0 Å². The zero-order valence-corrected chi connectivity index (χ0v) is 3.25. The van der Waals surface area contributed by atoms with E-state index in [9.17, 15) is 0 Å². The molecule has 4 heavy (non-hydrogen) atoms. The molecule has 0 aromatic rings. The summed E-state index contributed by atoms with van der Waals surface area (Å²) in [5, 5.41) is 0. The van der Waals surface area contributed by atoms with Crippen LogP contribution in [0, 0.1) is 0 Å². The van der Waals surface area contributed by atoms with Gasteiger partial charge < -0.3 is 0 Å². The van der Waals surface area contributed by atoms with E-state index in [1.165, 1.54) is 0 Å². The van der Waals surface area contributed by atoms with Gasteiger partial charge in [0.05, 0.1) is 0 Å². The van der Waals surface area contributed by atoms with E-state index in [0.29, 0.717) is 0 Å². The predicted molar refractivity (Wildman–Crippen MR) is 21.2 cm³/mol. The van der Waals surface area contributed by atoms with Crippen LogP contribution in [0.15, 0.2) is 0 Å². The minimum atomic E-state index is 1.56. The van der Waals surface area contributed by atoms with Crippen molar-refractivity contribution >= 4 is 18.6 Å². The molecule has 0 aromatic carbocycles. The summed E-state index contributed by atoms with van der Waals surface area (Å²) in [5.41, 5.74) is 0. The average Bonchev–Trinajstić information content (AvgIpc) is 1.37. The molecule has 0 atom stereocenters. The van der Waals surface area contributed by atoms with Crippen LogP contribution in [0.3, 0.4) is 0 Å². The molecular formula is C2H4NS+. The highest BCUT2D eigenvalue weighted by Gasteiger charge is 1.48. The molecule has 0 heterocycles. The van der Waals surface area contributed by atoms with Gasteiger partial charge in [-0.1, -0.05) is 0 Å². The summed E-state index contributed by atoms with van der Waals surface area (Å²) in [6.45, 7) is 1.78. The summed E-state index contributed by atoms with van der Waals surface area (Å²) in [6, 6.07) is 0. The molecule has 0 saturated carbocycles. The van der Waals surface area contributed by atoms with Crippen LogP contribution in [-0.2, 0) is 12.4 Å². The van der Waals surface area contributed by atoms with Crippen molar-refractivity contribution in [3.05, 3.63) is 0 Å². The van der Waals surface area contributed by atoms with Gasteiger partial charge in [-0.2, -0.15) is 0 Å². The number of rotatable bonds is 0. The highest BCUT2D eigenvalue weighted by atomic mass is 32.1. The molecule has 0 N–H and O–H groups in total. The lowest BCUT2D eigenvalue weighted by Gasteiger charge is -1.15. The van der Waals surface area contributed by atoms with E-state index < -0.39 is 0 Å². The molecule has 0 unspecified atom stereocenters. The first kappa shape index (κ1) is 3.80. The monoisotopic (exact) mass is 74.0 g/mol. The first-order valence-electron chi connectivity index (χ1n) is 1.02. The molecule has 0 fully saturated rings. The standard InChI is InChI=1S/C2H4NS/c1-2-3-4/h2H,1H3/q+1. The van der Waals surface area contributed by atoms with Crippen molar-refractivity contribution in [3.8, 4) is 0 Å². The van der Waals surface area contributed by atoms with Gasteiger partial charge in [-0.3, -0.25) is 0 Å². The maximum absolute atomic E-state index is 4.12. The van der Waals surface area contributed by atoms with E-state index in [1.807, 2.05) is 0 Å². The fraction of sp³-hybridized carbons (Fsp3) is 0.500. The van der Waals surface area contributed by atoms with Gasteiger partial charge in [0.15, 0.2) is 0 Å². The first-order chi connectivity index (χ1) is 1.91. The molecule has 0 radical (unpaired) electrons. The predicted octanol–water partition coefficient (Wildman–Crippen LogP) is -0.125. The molecule has 0 amide bonds. The zero-order chi connectivity index (χ0) is 3.41. The molecule has 0 saturated heterocycles. The fourth-order valence-electron chi connectivity index (χ4n) is 0. The molecule has 0 aliphatic rings. The Morgan fingerprint density at radius 2 is 2.25 bits per heavy atom. The second-order valence-corrected chi connectivity index (χ2v) is 0.574. The molecule has 0 aliphatic heterocycles. The third-order valence-corrected chi connectivity index (χ3v) is 0.316. The zero-order valence-electron chi connectivity index (χ0n) is 2.43. The summed E-state index contributed by atoms with van der Waals surface area (Å²) in [4.78, 5) is 0. The Kier molecular flexibility index (Phi) is 2.66. The Morgan fingerprint density at radius 1 is 2.00 bits per heavy atom. The number of nitrogens with zero attached hydrogens (tertiary/aromatic N) is 1. The highest BCUT2D eigenvalue weighted by molar-refractivity contribution is 7.46. The fourth-order valence-corrected chi connectivity index (χ4v) is 0. The quantitative estimate of drug-likeness (QED) is 0.288. The Balaban J connectivity index is 3.11. The molecule has 0 bridgehead atoms. The second-order valence-electron chi connectivity index (χ2n) is 0.364. The molecule has 0 aliphatic carbocycles. The van der Waals surface area contributed by atoms with Crippen molar-refractivity contribution < 1.29 is 0 Å². The molecule has 1 nitrogen and oxygen atoms in total. The van der Waals surface area contributed by atoms with E-state index in [-0.39, 0.29) is 0 Å². The van der Waals surface area contributed by atoms with E-state index >= 15 is 0 Å².